The first-order valence-corrected chi connectivity index (χ1v) is 6.36. The first kappa shape index (κ1) is 13.9. The number of nitrogens with two attached hydrogens (primary N) is 2. The average molecular weight is 272 g/mol. The zero-order valence-electron chi connectivity index (χ0n) is 9.45. The van der Waals surface area contributed by atoms with Crippen LogP contribution in [0.2, 0.25) is 0 Å². The number of imide groups is 1. The molecule has 1 aromatic heterocycles. The van der Waals surface area contributed by atoms with Crippen molar-refractivity contribution in [3.63, 3.8) is 0 Å². The molecule has 0 aliphatic rings. The highest BCUT2D eigenvalue weighted by molar-refractivity contribution is 7.92. The highest BCUT2D eigenvalue weighted by Crippen LogP contribution is 2.19. The zero-order chi connectivity index (χ0) is 13.9. The number of hydrogen-bond donors (Lipinski definition) is 3. The van der Waals surface area contributed by atoms with Crippen LogP contribution in [0, 0.1) is 0 Å². The van der Waals surface area contributed by atoms with Gasteiger partial charge in [0.25, 0.3) is 0 Å². The van der Waals surface area contributed by atoms with Gasteiger partial charge in [0, 0.05) is 6.20 Å². The predicted octanol–water partition coefficient (Wildman–Crippen LogP) is -0.979. The highest BCUT2D eigenvalue weighted by Gasteiger charge is 2.32. The Kier molecular flexibility index (Phi) is 3.86. The van der Waals surface area contributed by atoms with Gasteiger partial charge >= 0.3 is 6.03 Å². The van der Waals surface area contributed by atoms with Crippen molar-refractivity contribution in [3.05, 3.63) is 18.3 Å². The summed E-state index contributed by atoms with van der Waals surface area (Å²) in [4.78, 5) is 25.5. The van der Waals surface area contributed by atoms with E-state index in [9.17, 15) is 18.0 Å². The Balaban J connectivity index is 3.12. The zero-order valence-corrected chi connectivity index (χ0v) is 10.3. The Bertz CT molecular complexity index is 584. The third-order valence-corrected chi connectivity index (χ3v) is 4.18. The van der Waals surface area contributed by atoms with Gasteiger partial charge in [0.05, 0.1) is 5.69 Å². The van der Waals surface area contributed by atoms with Crippen molar-refractivity contribution in [2.75, 3.05) is 5.73 Å². The molecule has 0 bridgehead atoms. The lowest BCUT2D eigenvalue weighted by molar-refractivity contribution is -0.119. The molecule has 1 heterocycles. The van der Waals surface area contributed by atoms with Crippen molar-refractivity contribution in [3.8, 4) is 0 Å². The van der Waals surface area contributed by atoms with Crippen LogP contribution >= 0.6 is 0 Å². The molecule has 8 nitrogen and oxygen atoms in total. The number of urea groups is 1. The van der Waals surface area contributed by atoms with Gasteiger partial charge < -0.3 is 11.5 Å². The van der Waals surface area contributed by atoms with E-state index in [2.05, 4.69) is 4.98 Å². The first-order chi connectivity index (χ1) is 8.26. The summed E-state index contributed by atoms with van der Waals surface area (Å²) < 4.78 is 24.0. The van der Waals surface area contributed by atoms with Crippen molar-refractivity contribution in [1.29, 1.82) is 0 Å². The Labute approximate surface area is 103 Å². The molecule has 0 spiro atoms. The highest BCUT2D eigenvalue weighted by atomic mass is 32.2. The SMILES string of the molecule is CC(C(=O)NC(N)=O)S(=O)(=O)c1ncccc1N. The minimum atomic E-state index is -4.07. The number of nitrogen functional groups attached to an aromatic ring is 1. The van der Waals surface area contributed by atoms with Gasteiger partial charge in [-0.25, -0.2) is 18.2 Å². The minimum Gasteiger partial charge on any atom is -0.396 e. The van der Waals surface area contributed by atoms with Crippen LogP contribution in [-0.4, -0.2) is 30.6 Å². The third-order valence-electron chi connectivity index (χ3n) is 2.15. The van der Waals surface area contributed by atoms with Gasteiger partial charge in [-0.1, -0.05) is 0 Å². The van der Waals surface area contributed by atoms with Crippen LogP contribution in [0.5, 0.6) is 0 Å². The van der Waals surface area contributed by atoms with Gasteiger partial charge in [0.15, 0.2) is 5.03 Å². The summed E-state index contributed by atoms with van der Waals surface area (Å²) in [6.07, 6.45) is 1.24. The molecule has 0 saturated heterocycles. The Morgan fingerprint density at radius 3 is 2.56 bits per heavy atom. The van der Waals surface area contributed by atoms with Crippen LogP contribution in [0.1, 0.15) is 6.92 Å². The van der Waals surface area contributed by atoms with Crippen molar-refractivity contribution in [2.45, 2.75) is 17.2 Å². The number of hydrogen-bond acceptors (Lipinski definition) is 6. The second-order valence-electron chi connectivity index (χ2n) is 3.44. The van der Waals surface area contributed by atoms with E-state index in [0.29, 0.717) is 0 Å². The fraction of sp³-hybridized carbons (Fsp3) is 0.222. The number of pyridine rings is 1. The second kappa shape index (κ2) is 5.00. The monoisotopic (exact) mass is 272 g/mol. The second-order valence-corrected chi connectivity index (χ2v) is 5.62. The van der Waals surface area contributed by atoms with Gasteiger partial charge in [-0.2, -0.15) is 0 Å². The summed E-state index contributed by atoms with van der Waals surface area (Å²) in [5.74, 6) is -1.03. The van der Waals surface area contributed by atoms with Crippen molar-refractivity contribution < 1.29 is 18.0 Å². The Morgan fingerprint density at radius 2 is 2.06 bits per heavy atom. The van der Waals surface area contributed by atoms with Crippen LogP contribution in [0.15, 0.2) is 23.4 Å². The van der Waals surface area contributed by atoms with E-state index in [-0.39, 0.29) is 5.69 Å². The lowest BCUT2D eigenvalue weighted by atomic mass is 10.4. The van der Waals surface area contributed by atoms with Crippen molar-refractivity contribution >= 4 is 27.5 Å². The summed E-state index contributed by atoms with van der Waals surface area (Å²) in [7, 11) is -4.07. The normalized spacial score (nSPS) is 12.7. The van der Waals surface area contributed by atoms with E-state index in [1.54, 1.807) is 5.32 Å². The van der Waals surface area contributed by atoms with Gasteiger partial charge in [0.1, 0.15) is 5.25 Å². The summed E-state index contributed by atoms with van der Waals surface area (Å²) >= 11 is 0. The van der Waals surface area contributed by atoms with Crippen LogP contribution < -0.4 is 16.8 Å². The molecule has 5 N–H and O–H groups in total. The van der Waals surface area contributed by atoms with E-state index in [1.807, 2.05) is 0 Å². The number of nitrogens with zero attached hydrogens (tertiary/aromatic N) is 1. The predicted molar refractivity (Wildman–Crippen MR) is 63.0 cm³/mol. The lowest BCUT2D eigenvalue weighted by Crippen LogP contribution is -2.43. The summed E-state index contributed by atoms with van der Waals surface area (Å²) in [6, 6.07) is 1.68. The lowest BCUT2D eigenvalue weighted by Gasteiger charge is -2.12. The molecule has 1 rings (SSSR count). The fourth-order valence-electron chi connectivity index (χ4n) is 1.17. The third kappa shape index (κ3) is 2.74. The molecule has 0 radical (unpaired) electrons. The summed E-state index contributed by atoms with van der Waals surface area (Å²) in [5.41, 5.74) is 10.1. The molecule has 3 amide bonds. The van der Waals surface area contributed by atoms with E-state index in [4.69, 9.17) is 11.5 Å². The topological polar surface area (TPSA) is 145 Å². The molecule has 1 aromatic rings. The quantitative estimate of drug-likeness (QED) is 0.644. The Morgan fingerprint density at radius 1 is 1.44 bits per heavy atom. The molecule has 1 atom stereocenters. The molecule has 0 aliphatic carbocycles. The maximum Gasteiger partial charge on any atom is 0.318 e. The summed E-state index contributed by atoms with van der Waals surface area (Å²) in [5, 5.41) is -0.241. The van der Waals surface area contributed by atoms with Crippen LogP contribution in [0.3, 0.4) is 0 Å². The minimum absolute atomic E-state index is 0.0729. The number of amides is 3. The van der Waals surface area contributed by atoms with E-state index in [1.165, 1.54) is 18.3 Å². The van der Waals surface area contributed by atoms with Gasteiger partial charge in [-0.05, 0) is 19.1 Å². The van der Waals surface area contributed by atoms with Crippen molar-refractivity contribution in [2.24, 2.45) is 5.73 Å². The smallest absolute Gasteiger partial charge is 0.318 e. The van der Waals surface area contributed by atoms with Gasteiger partial charge in [0.2, 0.25) is 15.7 Å². The largest absolute Gasteiger partial charge is 0.396 e. The van der Waals surface area contributed by atoms with Crippen LogP contribution in [0.4, 0.5) is 10.5 Å². The number of nitrogens with one attached hydrogen (secondary N) is 1. The maximum atomic E-state index is 12.0. The van der Waals surface area contributed by atoms with Crippen LogP contribution in [-0.2, 0) is 14.6 Å². The molecule has 0 aliphatic heterocycles. The molecular formula is C9H12N4O4S. The number of sulfone groups is 1. The van der Waals surface area contributed by atoms with E-state index in [0.717, 1.165) is 6.92 Å². The molecule has 98 valence electrons. The number of carbonyl (C=O) groups is 2. The number of carbonyl (C=O) groups excluding carboxylic acids is 2. The fourth-order valence-corrected chi connectivity index (χ4v) is 2.45. The van der Waals surface area contributed by atoms with Crippen molar-refractivity contribution in [1.82, 2.24) is 10.3 Å². The number of rotatable bonds is 3. The molecule has 18 heavy (non-hydrogen) atoms. The van der Waals surface area contributed by atoms with E-state index < -0.39 is 32.1 Å². The van der Waals surface area contributed by atoms with Gasteiger partial charge in [-0.15, -0.1) is 0 Å². The first-order valence-electron chi connectivity index (χ1n) is 4.81. The van der Waals surface area contributed by atoms with Gasteiger partial charge in [-0.3, -0.25) is 10.1 Å². The molecule has 0 saturated carbocycles. The molecule has 9 heteroatoms. The number of aromatic nitrogens is 1. The standard InChI is InChI=1S/C9H12N4O4S/c1-5(7(14)13-9(11)15)18(16,17)8-6(10)3-2-4-12-8/h2-5H,10H2,1H3,(H3,11,13,14,15). The molecule has 0 fully saturated rings. The summed E-state index contributed by atoms with van der Waals surface area (Å²) in [6.45, 7) is 1.11. The number of primary amides is 1. The maximum absolute atomic E-state index is 12.0. The molecular weight excluding hydrogens is 260 g/mol. The average Bonchev–Trinajstić information content (AvgIpc) is 2.27. The molecule has 0 aromatic carbocycles. The Hall–Kier alpha value is -2.16. The van der Waals surface area contributed by atoms with E-state index >= 15 is 0 Å². The number of anilines is 1. The van der Waals surface area contributed by atoms with Crippen LogP contribution in [0.25, 0.3) is 0 Å². The molecule has 1 unspecified atom stereocenters.